The first-order valence-electron chi connectivity index (χ1n) is 8.09. The summed E-state index contributed by atoms with van der Waals surface area (Å²) in [6, 6.07) is 6.24. The normalized spacial score (nSPS) is 30.7. The number of benzene rings is 1. The van der Waals surface area contributed by atoms with Crippen molar-refractivity contribution in [3.63, 3.8) is 0 Å². The highest BCUT2D eigenvalue weighted by atomic mass is 32.2. The first-order chi connectivity index (χ1) is 10.8. The molecule has 0 bridgehead atoms. The van der Waals surface area contributed by atoms with Crippen LogP contribution in [0.1, 0.15) is 43.6 Å². The van der Waals surface area contributed by atoms with Crippen molar-refractivity contribution in [3.8, 4) is 0 Å². The summed E-state index contributed by atoms with van der Waals surface area (Å²) in [6.45, 7) is 0. The molecule has 0 aliphatic heterocycles. The fraction of sp³-hybridized carbons (Fsp3) is 0.588. The van der Waals surface area contributed by atoms with Gasteiger partial charge in [-0.3, -0.25) is 4.79 Å². The Morgan fingerprint density at radius 2 is 1.87 bits per heavy atom. The van der Waals surface area contributed by atoms with Gasteiger partial charge in [-0.15, -0.1) is 0 Å². The van der Waals surface area contributed by atoms with Crippen LogP contribution < -0.4 is 5.32 Å². The molecule has 2 aliphatic rings. The third-order valence-electron chi connectivity index (χ3n) is 5.00. The summed E-state index contributed by atoms with van der Waals surface area (Å²) in [6.07, 6.45) is 4.92. The SMILES string of the molecule is CS(=O)(=O)[C@@H]1CCC[C@H](NC(=O)[C@H]2C[C@H]2c2ccc(F)cc2)C1. The zero-order chi connectivity index (χ0) is 16.6. The molecule has 0 heterocycles. The summed E-state index contributed by atoms with van der Waals surface area (Å²) in [4.78, 5) is 12.3. The number of carbonyl (C=O) groups excluding carboxylic acids is 1. The Bertz CT molecular complexity index is 686. The molecule has 23 heavy (non-hydrogen) atoms. The van der Waals surface area contributed by atoms with E-state index >= 15 is 0 Å². The summed E-state index contributed by atoms with van der Waals surface area (Å²) in [5.41, 5.74) is 0.990. The van der Waals surface area contributed by atoms with Crippen LogP contribution in [0.15, 0.2) is 24.3 Å². The predicted molar refractivity (Wildman–Crippen MR) is 86.3 cm³/mol. The zero-order valence-electron chi connectivity index (χ0n) is 13.2. The third kappa shape index (κ3) is 3.91. The van der Waals surface area contributed by atoms with Crippen LogP contribution in [0.25, 0.3) is 0 Å². The highest BCUT2D eigenvalue weighted by molar-refractivity contribution is 7.91. The van der Waals surface area contributed by atoms with Gasteiger partial charge >= 0.3 is 0 Å². The first kappa shape index (κ1) is 16.4. The molecular formula is C17H22FNO3S. The molecule has 6 heteroatoms. The Morgan fingerprint density at radius 1 is 1.17 bits per heavy atom. The standard InChI is InChI=1S/C17H22FNO3S/c1-23(21,22)14-4-2-3-13(9-14)19-17(20)16-10-15(16)11-5-7-12(18)8-6-11/h5-8,13-16H,2-4,9-10H2,1H3,(H,19,20)/t13-,14+,15-,16-/m0/s1. The van der Waals surface area contributed by atoms with Crippen molar-refractivity contribution in [1.82, 2.24) is 5.32 Å². The summed E-state index contributed by atoms with van der Waals surface area (Å²) in [5.74, 6) is -0.188. The number of nitrogens with one attached hydrogen (secondary N) is 1. The van der Waals surface area contributed by atoms with E-state index in [1.807, 2.05) is 0 Å². The van der Waals surface area contributed by atoms with E-state index in [-0.39, 0.29) is 34.9 Å². The van der Waals surface area contributed by atoms with Gasteiger partial charge in [0.05, 0.1) is 5.25 Å². The monoisotopic (exact) mass is 339 g/mol. The molecule has 1 N–H and O–H groups in total. The smallest absolute Gasteiger partial charge is 0.223 e. The summed E-state index contributed by atoms with van der Waals surface area (Å²) < 4.78 is 36.3. The van der Waals surface area contributed by atoms with Gasteiger partial charge < -0.3 is 5.32 Å². The van der Waals surface area contributed by atoms with Crippen LogP contribution in [0.4, 0.5) is 4.39 Å². The molecule has 0 spiro atoms. The van der Waals surface area contributed by atoms with Crippen molar-refractivity contribution < 1.29 is 17.6 Å². The largest absolute Gasteiger partial charge is 0.353 e. The molecule has 0 radical (unpaired) electrons. The maximum Gasteiger partial charge on any atom is 0.223 e. The maximum atomic E-state index is 12.9. The van der Waals surface area contributed by atoms with Crippen LogP contribution in [-0.4, -0.2) is 31.9 Å². The highest BCUT2D eigenvalue weighted by Gasteiger charge is 2.44. The maximum absolute atomic E-state index is 12.9. The molecule has 1 amide bonds. The van der Waals surface area contributed by atoms with E-state index in [0.29, 0.717) is 12.8 Å². The van der Waals surface area contributed by atoms with Crippen LogP contribution in [0, 0.1) is 11.7 Å². The summed E-state index contributed by atoms with van der Waals surface area (Å²) in [5, 5.41) is 2.68. The van der Waals surface area contributed by atoms with Crippen molar-refractivity contribution in [2.45, 2.75) is 49.3 Å². The number of amides is 1. The minimum atomic E-state index is -3.04. The minimum absolute atomic E-state index is 0.00141. The number of rotatable bonds is 4. The van der Waals surface area contributed by atoms with Gasteiger partial charge in [0.25, 0.3) is 0 Å². The van der Waals surface area contributed by atoms with E-state index in [9.17, 15) is 17.6 Å². The van der Waals surface area contributed by atoms with Crippen LogP contribution >= 0.6 is 0 Å². The molecular weight excluding hydrogens is 317 g/mol. The lowest BCUT2D eigenvalue weighted by molar-refractivity contribution is -0.123. The molecule has 4 atom stereocenters. The lowest BCUT2D eigenvalue weighted by Gasteiger charge is -2.28. The predicted octanol–water partition coefficient (Wildman–Crippen LogP) is 2.40. The minimum Gasteiger partial charge on any atom is -0.353 e. The van der Waals surface area contributed by atoms with Crippen LogP contribution in [0.2, 0.25) is 0 Å². The van der Waals surface area contributed by atoms with Gasteiger partial charge in [0.1, 0.15) is 15.7 Å². The Labute approximate surface area is 136 Å². The third-order valence-corrected chi connectivity index (χ3v) is 6.64. The van der Waals surface area contributed by atoms with E-state index in [4.69, 9.17) is 0 Å². The average Bonchev–Trinajstić information content (AvgIpc) is 3.28. The fourth-order valence-electron chi connectivity index (χ4n) is 3.54. The zero-order valence-corrected chi connectivity index (χ0v) is 14.0. The molecule has 2 aliphatic carbocycles. The molecule has 2 fully saturated rings. The Morgan fingerprint density at radius 3 is 2.52 bits per heavy atom. The second-order valence-corrected chi connectivity index (χ2v) is 9.15. The van der Waals surface area contributed by atoms with Crippen molar-refractivity contribution in [1.29, 1.82) is 0 Å². The Kier molecular flexibility index (Phi) is 4.45. The van der Waals surface area contributed by atoms with Crippen molar-refractivity contribution in [2.75, 3.05) is 6.26 Å². The van der Waals surface area contributed by atoms with Gasteiger partial charge in [-0.25, -0.2) is 12.8 Å². The second-order valence-electron chi connectivity index (χ2n) is 6.82. The van der Waals surface area contributed by atoms with E-state index in [1.165, 1.54) is 18.4 Å². The van der Waals surface area contributed by atoms with E-state index in [2.05, 4.69) is 5.32 Å². The number of sulfone groups is 1. The van der Waals surface area contributed by atoms with Crippen molar-refractivity contribution in [3.05, 3.63) is 35.6 Å². The molecule has 1 aromatic rings. The molecule has 2 saturated carbocycles. The average molecular weight is 339 g/mol. The highest BCUT2D eigenvalue weighted by Crippen LogP contribution is 2.47. The molecule has 126 valence electrons. The fourth-order valence-corrected chi connectivity index (χ4v) is 4.71. The van der Waals surface area contributed by atoms with E-state index in [1.54, 1.807) is 12.1 Å². The van der Waals surface area contributed by atoms with Crippen LogP contribution in [0.3, 0.4) is 0 Å². The molecule has 0 aromatic heterocycles. The summed E-state index contributed by atoms with van der Waals surface area (Å²) >= 11 is 0. The van der Waals surface area contributed by atoms with Gasteiger partial charge in [-0.2, -0.15) is 0 Å². The van der Waals surface area contributed by atoms with Crippen molar-refractivity contribution >= 4 is 15.7 Å². The Hall–Kier alpha value is -1.43. The van der Waals surface area contributed by atoms with E-state index < -0.39 is 9.84 Å². The molecule has 3 rings (SSSR count). The van der Waals surface area contributed by atoms with Gasteiger partial charge in [-0.1, -0.05) is 18.6 Å². The van der Waals surface area contributed by atoms with Gasteiger partial charge in [0.2, 0.25) is 5.91 Å². The second kappa shape index (κ2) is 6.23. The first-order valence-corrected chi connectivity index (χ1v) is 10.0. The van der Waals surface area contributed by atoms with Crippen molar-refractivity contribution in [2.24, 2.45) is 5.92 Å². The lowest BCUT2D eigenvalue weighted by Crippen LogP contribution is -2.42. The summed E-state index contributed by atoms with van der Waals surface area (Å²) in [7, 11) is -3.04. The molecule has 4 nitrogen and oxygen atoms in total. The van der Waals surface area contributed by atoms with Crippen LogP contribution in [0.5, 0.6) is 0 Å². The van der Waals surface area contributed by atoms with Crippen LogP contribution in [-0.2, 0) is 14.6 Å². The molecule has 0 unspecified atom stereocenters. The number of hydrogen-bond acceptors (Lipinski definition) is 3. The Balaban J connectivity index is 1.55. The molecule has 0 saturated heterocycles. The van der Waals surface area contributed by atoms with E-state index in [0.717, 1.165) is 24.8 Å². The number of hydrogen-bond donors (Lipinski definition) is 1. The number of halogens is 1. The quantitative estimate of drug-likeness (QED) is 0.916. The molecule has 1 aromatic carbocycles. The lowest BCUT2D eigenvalue weighted by atomic mass is 9.94. The topological polar surface area (TPSA) is 63.2 Å². The number of carbonyl (C=O) groups is 1. The van der Waals surface area contributed by atoms with Gasteiger partial charge in [-0.05, 0) is 49.3 Å². The van der Waals surface area contributed by atoms with Gasteiger partial charge in [0.15, 0.2) is 0 Å². The van der Waals surface area contributed by atoms with Gasteiger partial charge in [0, 0.05) is 18.2 Å².